The summed E-state index contributed by atoms with van der Waals surface area (Å²) in [5, 5.41) is 0.829. The molecule has 1 nitrogen and oxygen atoms in total. The summed E-state index contributed by atoms with van der Waals surface area (Å²) in [7, 11) is 0. The molecule has 0 aliphatic carbocycles. The molecule has 0 unspecified atom stereocenters. The Labute approximate surface area is 105 Å². The number of hydrogen-bond acceptors (Lipinski definition) is 2. The summed E-state index contributed by atoms with van der Waals surface area (Å²) in [6, 6.07) is 12.0. The van der Waals surface area contributed by atoms with E-state index in [1.54, 1.807) is 11.8 Å². The highest BCUT2D eigenvalue weighted by atomic mass is 35.5. The van der Waals surface area contributed by atoms with Gasteiger partial charge in [-0.1, -0.05) is 29.8 Å². The van der Waals surface area contributed by atoms with Crippen LogP contribution in [0, 0.1) is 6.92 Å². The van der Waals surface area contributed by atoms with Crippen molar-refractivity contribution in [3.05, 3.63) is 58.9 Å². The third-order valence-corrected chi connectivity index (χ3v) is 3.64. The Bertz CT molecular complexity index is 468. The van der Waals surface area contributed by atoms with Crippen molar-refractivity contribution < 1.29 is 0 Å². The number of pyridine rings is 1. The van der Waals surface area contributed by atoms with Crippen LogP contribution in [0.2, 0.25) is 5.02 Å². The van der Waals surface area contributed by atoms with E-state index < -0.39 is 0 Å². The lowest BCUT2D eigenvalue weighted by molar-refractivity contribution is 1.15. The fourth-order valence-corrected chi connectivity index (χ4v) is 2.46. The highest BCUT2D eigenvalue weighted by Crippen LogP contribution is 2.25. The van der Waals surface area contributed by atoms with Crippen LogP contribution in [0.5, 0.6) is 0 Å². The molecule has 2 aromatic rings. The van der Waals surface area contributed by atoms with Crippen LogP contribution in [-0.4, -0.2) is 4.98 Å². The first-order valence-electron chi connectivity index (χ1n) is 5.04. The first-order valence-corrected chi connectivity index (χ1v) is 6.41. The Morgan fingerprint density at radius 2 is 2.00 bits per heavy atom. The zero-order valence-electron chi connectivity index (χ0n) is 8.98. The smallest absolute Gasteiger partial charge is 0.0446 e. The molecule has 0 amide bonds. The Kier molecular flexibility index (Phi) is 3.86. The van der Waals surface area contributed by atoms with Crippen LogP contribution in [0.4, 0.5) is 0 Å². The molecule has 1 aromatic heterocycles. The molecule has 0 N–H and O–H groups in total. The maximum Gasteiger partial charge on any atom is 0.0446 e. The summed E-state index contributed by atoms with van der Waals surface area (Å²) >= 11 is 7.84. The number of thioether (sulfide) groups is 1. The van der Waals surface area contributed by atoms with E-state index in [2.05, 4.69) is 17.1 Å². The minimum atomic E-state index is 0.829. The predicted octanol–water partition coefficient (Wildman–Crippen LogP) is 4.34. The molecule has 1 aromatic carbocycles. The fraction of sp³-hybridized carbons (Fsp3) is 0.154. The van der Waals surface area contributed by atoms with Gasteiger partial charge in [-0.2, -0.15) is 0 Å². The maximum atomic E-state index is 6.09. The van der Waals surface area contributed by atoms with Crippen molar-refractivity contribution >= 4 is 23.4 Å². The van der Waals surface area contributed by atoms with Gasteiger partial charge in [0.15, 0.2) is 0 Å². The van der Waals surface area contributed by atoms with Gasteiger partial charge in [-0.3, -0.25) is 4.98 Å². The molecule has 0 saturated carbocycles. The lowest BCUT2D eigenvalue weighted by Gasteiger charge is -2.03. The molecule has 1 heterocycles. The van der Waals surface area contributed by atoms with Crippen molar-refractivity contribution in [3.63, 3.8) is 0 Å². The summed E-state index contributed by atoms with van der Waals surface area (Å²) in [6.07, 6.45) is 1.90. The zero-order valence-corrected chi connectivity index (χ0v) is 10.6. The number of benzene rings is 1. The van der Waals surface area contributed by atoms with E-state index in [0.717, 1.165) is 22.0 Å². The monoisotopic (exact) mass is 249 g/mol. The highest BCUT2D eigenvalue weighted by Gasteiger charge is 2.00. The molecule has 16 heavy (non-hydrogen) atoms. The molecule has 0 aliphatic heterocycles. The van der Waals surface area contributed by atoms with Crippen LogP contribution in [0.1, 0.15) is 11.3 Å². The topological polar surface area (TPSA) is 12.9 Å². The summed E-state index contributed by atoms with van der Waals surface area (Å²) in [5.74, 6) is 0.879. The van der Waals surface area contributed by atoms with Crippen molar-refractivity contribution in [2.45, 2.75) is 17.6 Å². The van der Waals surface area contributed by atoms with Gasteiger partial charge in [-0.15, -0.1) is 11.8 Å². The van der Waals surface area contributed by atoms with Gasteiger partial charge in [-0.05, 0) is 30.7 Å². The van der Waals surface area contributed by atoms with Crippen molar-refractivity contribution in [2.24, 2.45) is 0 Å². The number of rotatable bonds is 3. The van der Waals surface area contributed by atoms with E-state index >= 15 is 0 Å². The minimum absolute atomic E-state index is 0.829. The quantitative estimate of drug-likeness (QED) is 0.751. The molecule has 0 radical (unpaired) electrons. The normalized spacial score (nSPS) is 10.4. The lowest BCUT2D eigenvalue weighted by atomic mass is 10.2. The van der Waals surface area contributed by atoms with Gasteiger partial charge in [0.05, 0.1) is 0 Å². The SMILES string of the molecule is Cc1ccc(SCc2ccccc2Cl)cn1. The van der Waals surface area contributed by atoms with E-state index in [9.17, 15) is 0 Å². The summed E-state index contributed by atoms with van der Waals surface area (Å²) in [5.41, 5.74) is 2.21. The molecule has 0 fully saturated rings. The van der Waals surface area contributed by atoms with Crippen LogP contribution in [0.3, 0.4) is 0 Å². The predicted molar refractivity (Wildman–Crippen MR) is 70.0 cm³/mol. The molecule has 82 valence electrons. The molecule has 0 saturated heterocycles. The van der Waals surface area contributed by atoms with E-state index in [1.165, 1.54) is 4.90 Å². The van der Waals surface area contributed by atoms with Gasteiger partial charge in [0.2, 0.25) is 0 Å². The Balaban J connectivity index is 2.02. The number of aromatic nitrogens is 1. The molecule has 0 aliphatic rings. The third kappa shape index (κ3) is 3.00. The van der Waals surface area contributed by atoms with Gasteiger partial charge in [0, 0.05) is 27.6 Å². The average Bonchev–Trinajstić information content (AvgIpc) is 2.30. The van der Waals surface area contributed by atoms with E-state index in [0.29, 0.717) is 0 Å². The highest BCUT2D eigenvalue weighted by molar-refractivity contribution is 7.98. The Morgan fingerprint density at radius 1 is 1.19 bits per heavy atom. The summed E-state index contributed by atoms with van der Waals surface area (Å²) < 4.78 is 0. The maximum absolute atomic E-state index is 6.09. The van der Waals surface area contributed by atoms with Gasteiger partial charge in [-0.25, -0.2) is 0 Å². The molecule has 0 bridgehead atoms. The van der Waals surface area contributed by atoms with E-state index in [4.69, 9.17) is 11.6 Å². The van der Waals surface area contributed by atoms with Crippen LogP contribution < -0.4 is 0 Å². The summed E-state index contributed by atoms with van der Waals surface area (Å²) in [4.78, 5) is 5.43. The van der Waals surface area contributed by atoms with Crippen molar-refractivity contribution in [2.75, 3.05) is 0 Å². The fourth-order valence-electron chi connectivity index (χ4n) is 1.32. The van der Waals surface area contributed by atoms with Crippen LogP contribution >= 0.6 is 23.4 Å². The van der Waals surface area contributed by atoms with Crippen molar-refractivity contribution in [3.8, 4) is 0 Å². The van der Waals surface area contributed by atoms with Gasteiger partial charge in [0.25, 0.3) is 0 Å². The number of halogens is 1. The van der Waals surface area contributed by atoms with Crippen molar-refractivity contribution in [1.29, 1.82) is 0 Å². The standard InChI is InChI=1S/C13H12ClNS/c1-10-6-7-12(8-15-10)16-9-11-4-2-3-5-13(11)14/h2-8H,9H2,1H3. The second-order valence-corrected chi connectivity index (χ2v) is 4.97. The second kappa shape index (κ2) is 5.37. The van der Waals surface area contributed by atoms with Crippen LogP contribution in [-0.2, 0) is 5.75 Å². The zero-order chi connectivity index (χ0) is 11.4. The van der Waals surface area contributed by atoms with E-state index in [1.807, 2.05) is 37.4 Å². The van der Waals surface area contributed by atoms with Gasteiger partial charge >= 0.3 is 0 Å². The largest absolute Gasteiger partial charge is 0.260 e. The van der Waals surface area contributed by atoms with E-state index in [-0.39, 0.29) is 0 Å². The van der Waals surface area contributed by atoms with Crippen molar-refractivity contribution in [1.82, 2.24) is 4.98 Å². The molecule has 2 rings (SSSR count). The molecule has 3 heteroatoms. The molecule has 0 atom stereocenters. The molecular formula is C13H12ClNS. The number of hydrogen-bond donors (Lipinski definition) is 0. The van der Waals surface area contributed by atoms with Crippen LogP contribution in [0.25, 0.3) is 0 Å². The Hall–Kier alpha value is -0.990. The Morgan fingerprint density at radius 3 is 2.69 bits per heavy atom. The average molecular weight is 250 g/mol. The second-order valence-electron chi connectivity index (χ2n) is 3.52. The van der Waals surface area contributed by atoms with Gasteiger partial charge in [0.1, 0.15) is 0 Å². The number of aryl methyl sites for hydroxylation is 1. The summed E-state index contributed by atoms with van der Waals surface area (Å²) in [6.45, 7) is 1.99. The first-order chi connectivity index (χ1) is 7.75. The first kappa shape index (κ1) is 11.5. The third-order valence-electron chi connectivity index (χ3n) is 2.24. The minimum Gasteiger partial charge on any atom is -0.260 e. The molecule has 0 spiro atoms. The van der Waals surface area contributed by atoms with Gasteiger partial charge < -0.3 is 0 Å². The molecular weight excluding hydrogens is 238 g/mol. The number of nitrogens with zero attached hydrogens (tertiary/aromatic N) is 1. The lowest BCUT2D eigenvalue weighted by Crippen LogP contribution is -1.84. The van der Waals surface area contributed by atoms with Crippen LogP contribution in [0.15, 0.2) is 47.5 Å².